The van der Waals surface area contributed by atoms with Crippen LogP contribution in [0.25, 0.3) is 6.08 Å². The predicted molar refractivity (Wildman–Crippen MR) is 151 cm³/mol. The summed E-state index contributed by atoms with van der Waals surface area (Å²) in [5.74, 6) is 0.0669. The second-order valence-corrected chi connectivity index (χ2v) is 9.49. The molecule has 1 saturated heterocycles. The van der Waals surface area contributed by atoms with Crippen molar-refractivity contribution in [3.05, 3.63) is 87.8 Å². The van der Waals surface area contributed by atoms with Crippen molar-refractivity contribution in [1.29, 1.82) is 0 Å². The third kappa shape index (κ3) is 6.21. The van der Waals surface area contributed by atoms with Crippen molar-refractivity contribution in [2.75, 3.05) is 32.8 Å². The van der Waals surface area contributed by atoms with E-state index in [1.807, 2.05) is 0 Å². The van der Waals surface area contributed by atoms with Gasteiger partial charge in [-0.15, -0.1) is 0 Å². The molecule has 0 unspecified atom stereocenters. The molecule has 11 heteroatoms. The lowest BCUT2D eigenvalue weighted by Gasteiger charge is -2.19. The molecule has 1 heterocycles. The normalized spacial score (nSPS) is 14.1. The molecule has 1 amide bonds. The zero-order valence-corrected chi connectivity index (χ0v) is 23.7. The number of esters is 1. The van der Waals surface area contributed by atoms with E-state index in [1.54, 1.807) is 61.7 Å². The first kappa shape index (κ1) is 28.1. The number of amides is 1. The highest BCUT2D eigenvalue weighted by atomic mass is 79.9. The minimum absolute atomic E-state index is 0.115. The molecule has 3 aromatic rings. The SMILES string of the molecule is COC(=O)CN1C(=S)N(c2ccc(OC)cc2)C(=O)/C1=C/c1cc(Br)c(OCc2cccc(F)c2)c(OC)c1. The fourth-order valence-electron chi connectivity index (χ4n) is 3.89. The standard InChI is InChI=1S/C28H24BrFN2O6S/c1-35-21-9-7-20(8-10-21)32-27(34)23(31(28(32)39)15-25(33)37-3)13-18-12-22(29)26(24(14-18)36-2)38-16-17-5-4-6-19(30)11-17/h4-14H,15-16H2,1-3H3/b23-13-. The lowest BCUT2D eigenvalue weighted by atomic mass is 10.1. The number of rotatable bonds is 9. The Morgan fingerprint density at radius 2 is 1.79 bits per heavy atom. The Labute approximate surface area is 238 Å². The molecule has 0 aromatic heterocycles. The third-order valence-electron chi connectivity index (χ3n) is 5.81. The smallest absolute Gasteiger partial charge is 0.325 e. The molecule has 0 radical (unpaired) electrons. The Hall–Kier alpha value is -3.96. The third-order valence-corrected chi connectivity index (χ3v) is 6.80. The molecule has 0 spiro atoms. The Kier molecular flexibility index (Phi) is 8.82. The van der Waals surface area contributed by atoms with Crippen LogP contribution in [-0.2, 0) is 20.9 Å². The van der Waals surface area contributed by atoms with Gasteiger partial charge in [-0.3, -0.25) is 14.5 Å². The molecule has 0 N–H and O–H groups in total. The highest BCUT2D eigenvalue weighted by Crippen LogP contribution is 2.39. The monoisotopic (exact) mass is 614 g/mol. The van der Waals surface area contributed by atoms with Gasteiger partial charge in [0.1, 0.15) is 30.4 Å². The van der Waals surface area contributed by atoms with Gasteiger partial charge in [0.05, 0.1) is 31.5 Å². The van der Waals surface area contributed by atoms with Gasteiger partial charge in [0, 0.05) is 0 Å². The quantitative estimate of drug-likeness (QED) is 0.182. The highest BCUT2D eigenvalue weighted by Gasteiger charge is 2.40. The van der Waals surface area contributed by atoms with E-state index in [0.29, 0.717) is 38.5 Å². The van der Waals surface area contributed by atoms with Gasteiger partial charge in [-0.25, -0.2) is 4.39 Å². The Balaban J connectivity index is 1.68. The second kappa shape index (κ2) is 12.3. The van der Waals surface area contributed by atoms with Crippen molar-refractivity contribution in [1.82, 2.24) is 4.90 Å². The summed E-state index contributed by atoms with van der Waals surface area (Å²) in [5.41, 5.74) is 1.92. The van der Waals surface area contributed by atoms with Gasteiger partial charge in [0.25, 0.3) is 5.91 Å². The lowest BCUT2D eigenvalue weighted by molar-refractivity contribution is -0.140. The molecule has 8 nitrogen and oxygen atoms in total. The van der Waals surface area contributed by atoms with Gasteiger partial charge in [-0.2, -0.15) is 0 Å². The maximum Gasteiger partial charge on any atom is 0.325 e. The van der Waals surface area contributed by atoms with Crippen molar-refractivity contribution < 1.29 is 32.9 Å². The van der Waals surface area contributed by atoms with Crippen LogP contribution in [0.2, 0.25) is 0 Å². The van der Waals surface area contributed by atoms with Crippen LogP contribution in [0.15, 0.2) is 70.8 Å². The van der Waals surface area contributed by atoms with Crippen LogP contribution in [0.3, 0.4) is 0 Å². The number of anilines is 1. The fraction of sp³-hybridized carbons (Fsp3) is 0.179. The van der Waals surface area contributed by atoms with Crippen molar-refractivity contribution in [3.8, 4) is 17.2 Å². The molecule has 1 aliphatic rings. The van der Waals surface area contributed by atoms with Crippen molar-refractivity contribution in [2.45, 2.75) is 6.61 Å². The van der Waals surface area contributed by atoms with E-state index >= 15 is 0 Å². The Bertz CT molecular complexity index is 1450. The molecule has 1 fully saturated rings. The molecule has 39 heavy (non-hydrogen) atoms. The van der Waals surface area contributed by atoms with E-state index in [0.717, 1.165) is 0 Å². The molecule has 0 saturated carbocycles. The Morgan fingerprint density at radius 1 is 1.05 bits per heavy atom. The largest absolute Gasteiger partial charge is 0.497 e. The average Bonchev–Trinajstić information content (AvgIpc) is 3.15. The number of benzene rings is 3. The van der Waals surface area contributed by atoms with Gasteiger partial charge >= 0.3 is 5.97 Å². The van der Waals surface area contributed by atoms with Gasteiger partial charge in [0.2, 0.25) is 0 Å². The fourth-order valence-corrected chi connectivity index (χ4v) is 4.81. The summed E-state index contributed by atoms with van der Waals surface area (Å²) in [7, 11) is 4.29. The maximum atomic E-state index is 13.6. The van der Waals surface area contributed by atoms with E-state index in [-0.39, 0.29) is 29.8 Å². The summed E-state index contributed by atoms with van der Waals surface area (Å²) in [6.45, 7) is -0.143. The summed E-state index contributed by atoms with van der Waals surface area (Å²) < 4.78 is 35.6. The summed E-state index contributed by atoms with van der Waals surface area (Å²) in [6.07, 6.45) is 1.60. The first-order valence-corrected chi connectivity index (χ1v) is 12.8. The summed E-state index contributed by atoms with van der Waals surface area (Å²) >= 11 is 9.10. The van der Waals surface area contributed by atoms with Gasteiger partial charge in [-0.05, 0) is 93.9 Å². The maximum absolute atomic E-state index is 13.6. The van der Waals surface area contributed by atoms with E-state index < -0.39 is 11.9 Å². The number of carbonyl (C=O) groups is 2. The van der Waals surface area contributed by atoms with E-state index in [1.165, 1.54) is 36.2 Å². The number of ether oxygens (including phenoxy) is 4. The molecule has 4 rings (SSSR count). The molecular weight excluding hydrogens is 591 g/mol. The van der Waals surface area contributed by atoms with Crippen LogP contribution < -0.4 is 19.1 Å². The number of methoxy groups -OCH3 is 3. The topological polar surface area (TPSA) is 77.5 Å². The van der Waals surface area contributed by atoms with Crippen LogP contribution in [-0.4, -0.2) is 49.8 Å². The van der Waals surface area contributed by atoms with Gasteiger partial charge in [-0.1, -0.05) is 12.1 Å². The summed E-state index contributed by atoms with van der Waals surface area (Å²) in [6, 6.07) is 16.3. The van der Waals surface area contributed by atoms with Crippen molar-refractivity contribution in [2.24, 2.45) is 0 Å². The second-order valence-electron chi connectivity index (χ2n) is 8.27. The number of thiocarbonyl (C=S) groups is 1. The lowest BCUT2D eigenvalue weighted by Crippen LogP contribution is -2.35. The minimum atomic E-state index is -0.563. The first-order valence-electron chi connectivity index (χ1n) is 11.6. The molecule has 3 aromatic carbocycles. The Morgan fingerprint density at radius 3 is 2.44 bits per heavy atom. The molecule has 202 valence electrons. The van der Waals surface area contributed by atoms with Crippen LogP contribution in [0, 0.1) is 5.82 Å². The van der Waals surface area contributed by atoms with E-state index in [9.17, 15) is 14.0 Å². The van der Waals surface area contributed by atoms with Crippen LogP contribution in [0.5, 0.6) is 17.2 Å². The van der Waals surface area contributed by atoms with Gasteiger partial charge in [0.15, 0.2) is 16.6 Å². The molecule has 0 bridgehead atoms. The van der Waals surface area contributed by atoms with Crippen LogP contribution in [0.4, 0.5) is 10.1 Å². The number of hydrogen-bond donors (Lipinski definition) is 0. The molecule has 0 aliphatic carbocycles. The van der Waals surface area contributed by atoms with Crippen LogP contribution >= 0.6 is 28.1 Å². The number of halogens is 2. The molecule has 0 atom stereocenters. The summed E-state index contributed by atoms with van der Waals surface area (Å²) in [4.78, 5) is 28.5. The van der Waals surface area contributed by atoms with Crippen molar-refractivity contribution in [3.63, 3.8) is 0 Å². The summed E-state index contributed by atoms with van der Waals surface area (Å²) in [5, 5.41) is 0.128. The molecule has 1 aliphatic heterocycles. The van der Waals surface area contributed by atoms with E-state index in [2.05, 4.69) is 15.9 Å². The number of nitrogens with zero attached hydrogens (tertiary/aromatic N) is 2. The van der Waals surface area contributed by atoms with E-state index in [4.69, 9.17) is 31.2 Å². The average molecular weight is 615 g/mol. The zero-order valence-electron chi connectivity index (χ0n) is 21.3. The van der Waals surface area contributed by atoms with Crippen molar-refractivity contribution >= 4 is 56.9 Å². The minimum Gasteiger partial charge on any atom is -0.497 e. The predicted octanol–water partition coefficient (Wildman–Crippen LogP) is 5.33. The molecular formula is C28H24BrFN2O6S. The first-order chi connectivity index (χ1) is 18.7. The zero-order chi connectivity index (χ0) is 28.1. The number of hydrogen-bond acceptors (Lipinski definition) is 7. The van der Waals surface area contributed by atoms with Gasteiger partial charge < -0.3 is 23.8 Å². The highest BCUT2D eigenvalue weighted by molar-refractivity contribution is 9.10. The van der Waals surface area contributed by atoms with Crippen LogP contribution in [0.1, 0.15) is 11.1 Å². The number of carbonyl (C=O) groups excluding carboxylic acids is 2.